The summed E-state index contributed by atoms with van der Waals surface area (Å²) < 4.78 is 5.36. The molecule has 0 aromatic carbocycles. The number of ether oxygens (including phenoxy) is 1. The molecular formula is C25H42N4O6. The first-order valence-electron chi connectivity index (χ1n) is 12.8. The Morgan fingerprint density at radius 2 is 1.57 bits per heavy atom. The second kappa shape index (κ2) is 12.9. The fourth-order valence-corrected chi connectivity index (χ4v) is 4.73. The average Bonchev–Trinajstić information content (AvgIpc) is 3.14. The first-order valence-corrected chi connectivity index (χ1v) is 12.8. The van der Waals surface area contributed by atoms with Crippen LogP contribution in [0.25, 0.3) is 0 Å². The maximum atomic E-state index is 13.6. The highest BCUT2D eigenvalue weighted by Crippen LogP contribution is 2.25. The number of Topliss-reactive ketones (excluding diaryl/α,β-unsaturated/α-hetero) is 1. The summed E-state index contributed by atoms with van der Waals surface area (Å²) in [6.45, 7) is 7.55. The van der Waals surface area contributed by atoms with Crippen LogP contribution < -0.4 is 16.4 Å². The third-order valence-electron chi connectivity index (χ3n) is 6.45. The number of carbonyl (C=O) groups excluding carboxylic acids is 5. The lowest BCUT2D eigenvalue weighted by molar-refractivity contribution is -0.142. The van der Waals surface area contributed by atoms with E-state index in [1.165, 1.54) is 4.90 Å². The molecule has 2 fully saturated rings. The van der Waals surface area contributed by atoms with Crippen LogP contribution in [0.1, 0.15) is 91.9 Å². The van der Waals surface area contributed by atoms with Crippen LogP contribution in [0.4, 0.5) is 4.79 Å². The molecule has 10 heteroatoms. The fourth-order valence-electron chi connectivity index (χ4n) is 4.73. The average molecular weight is 495 g/mol. The van der Waals surface area contributed by atoms with Crippen molar-refractivity contribution in [2.45, 2.75) is 116 Å². The highest BCUT2D eigenvalue weighted by Gasteiger charge is 2.41. The number of alkyl carbamates (subject to hydrolysis) is 1. The van der Waals surface area contributed by atoms with E-state index in [0.717, 1.165) is 38.5 Å². The van der Waals surface area contributed by atoms with E-state index in [-0.39, 0.29) is 11.8 Å². The van der Waals surface area contributed by atoms with Crippen molar-refractivity contribution in [3.63, 3.8) is 0 Å². The number of amides is 4. The first kappa shape index (κ1) is 28.6. The largest absolute Gasteiger partial charge is 0.444 e. The molecule has 0 spiro atoms. The minimum Gasteiger partial charge on any atom is -0.444 e. The number of rotatable bonds is 3. The normalized spacial score (nSPS) is 27.5. The summed E-state index contributed by atoms with van der Waals surface area (Å²) in [6.07, 6.45) is 6.75. The highest BCUT2D eigenvalue weighted by molar-refractivity contribution is 6.37. The smallest absolute Gasteiger partial charge is 0.408 e. The molecule has 2 saturated heterocycles. The summed E-state index contributed by atoms with van der Waals surface area (Å²) in [5.74, 6) is -2.67. The van der Waals surface area contributed by atoms with E-state index < -0.39 is 47.4 Å². The van der Waals surface area contributed by atoms with Gasteiger partial charge in [0.1, 0.15) is 17.7 Å². The maximum absolute atomic E-state index is 13.6. The van der Waals surface area contributed by atoms with Gasteiger partial charge in [-0.15, -0.1) is 0 Å². The topological polar surface area (TPSA) is 148 Å². The van der Waals surface area contributed by atoms with E-state index in [1.54, 1.807) is 20.8 Å². The minimum atomic E-state index is -1.08. The van der Waals surface area contributed by atoms with Crippen LogP contribution in [0.5, 0.6) is 0 Å². The SMILES string of the molecule is C[C@@H]1C[C@H]2C(=O)N[C@H](C(=O)C(N)=O)CCCCCCCCC[C@H](NC(=O)OC(C)(C)C)C(=O)N2C1. The molecule has 2 rings (SSSR count). The molecule has 0 radical (unpaired) electrons. The molecule has 198 valence electrons. The van der Waals surface area contributed by atoms with E-state index in [2.05, 4.69) is 10.6 Å². The third-order valence-corrected chi connectivity index (χ3v) is 6.45. The van der Waals surface area contributed by atoms with Gasteiger partial charge >= 0.3 is 6.09 Å². The lowest BCUT2D eigenvalue weighted by Crippen LogP contribution is -2.56. The first-order chi connectivity index (χ1) is 16.4. The number of fused-ring (bicyclic) bond motifs is 1. The molecule has 10 nitrogen and oxygen atoms in total. The Hall–Kier alpha value is -2.65. The van der Waals surface area contributed by atoms with E-state index in [0.29, 0.717) is 32.2 Å². The predicted molar refractivity (Wildman–Crippen MR) is 130 cm³/mol. The summed E-state index contributed by atoms with van der Waals surface area (Å²) in [5, 5.41) is 5.40. The molecule has 2 aliphatic heterocycles. The predicted octanol–water partition coefficient (Wildman–Crippen LogP) is 2.18. The maximum Gasteiger partial charge on any atom is 0.408 e. The molecule has 0 bridgehead atoms. The molecule has 4 amide bonds. The van der Waals surface area contributed by atoms with Gasteiger partial charge in [0, 0.05) is 6.54 Å². The summed E-state index contributed by atoms with van der Waals surface area (Å²) >= 11 is 0. The van der Waals surface area contributed by atoms with Gasteiger partial charge in [0.2, 0.25) is 17.6 Å². The number of nitrogens with two attached hydrogens (primary N) is 1. The number of hydrogen-bond acceptors (Lipinski definition) is 6. The van der Waals surface area contributed by atoms with Crippen molar-refractivity contribution in [3.8, 4) is 0 Å². The summed E-state index contributed by atoms with van der Waals surface area (Å²) in [7, 11) is 0. The van der Waals surface area contributed by atoms with Gasteiger partial charge in [-0.1, -0.05) is 51.9 Å². The standard InChI is InChI=1S/C25H42N4O6/c1-16-14-19-22(32)27-17(20(30)21(26)31)12-10-8-6-5-7-9-11-13-18(23(33)29(19)15-16)28-24(34)35-25(2,3)4/h16-19H,5-15H2,1-4H3,(H2,26,31)(H,27,32)(H,28,34)/t16-,17+,18+,19+/m1/s1. The van der Waals surface area contributed by atoms with Crippen LogP contribution in [-0.2, 0) is 23.9 Å². The van der Waals surface area contributed by atoms with Crippen molar-refractivity contribution in [2.24, 2.45) is 11.7 Å². The Bertz CT molecular complexity index is 793. The summed E-state index contributed by atoms with van der Waals surface area (Å²) in [6, 6.07) is -2.62. The van der Waals surface area contributed by atoms with Gasteiger partial charge in [0.25, 0.3) is 5.91 Å². The number of nitrogens with zero attached hydrogens (tertiary/aromatic N) is 1. The highest BCUT2D eigenvalue weighted by atomic mass is 16.6. The van der Waals surface area contributed by atoms with E-state index in [4.69, 9.17) is 10.5 Å². The lowest BCUT2D eigenvalue weighted by Gasteiger charge is -2.30. The molecule has 0 aliphatic carbocycles. The zero-order valence-electron chi connectivity index (χ0n) is 21.6. The fraction of sp³-hybridized carbons (Fsp3) is 0.800. The monoisotopic (exact) mass is 494 g/mol. The van der Waals surface area contributed by atoms with Crippen LogP contribution in [0, 0.1) is 5.92 Å². The Kier molecular flexibility index (Phi) is 10.5. The van der Waals surface area contributed by atoms with Crippen molar-refractivity contribution in [1.82, 2.24) is 15.5 Å². The second-order valence-corrected chi connectivity index (χ2v) is 10.9. The Morgan fingerprint density at radius 1 is 1.00 bits per heavy atom. The number of hydrogen-bond donors (Lipinski definition) is 3. The van der Waals surface area contributed by atoms with Gasteiger partial charge in [-0.25, -0.2) is 4.79 Å². The summed E-state index contributed by atoms with van der Waals surface area (Å²) in [4.78, 5) is 64.6. The second-order valence-electron chi connectivity index (χ2n) is 10.9. The molecule has 2 aliphatic rings. The quantitative estimate of drug-likeness (QED) is 0.512. The zero-order valence-corrected chi connectivity index (χ0v) is 21.6. The zero-order chi connectivity index (χ0) is 26.2. The Labute approximate surface area is 208 Å². The van der Waals surface area contributed by atoms with Crippen LogP contribution in [0.2, 0.25) is 0 Å². The van der Waals surface area contributed by atoms with Gasteiger partial charge < -0.3 is 26.0 Å². The van der Waals surface area contributed by atoms with Crippen molar-refractivity contribution >= 4 is 29.6 Å². The van der Waals surface area contributed by atoms with E-state index >= 15 is 0 Å². The lowest BCUT2D eigenvalue weighted by atomic mass is 9.99. The molecule has 0 aromatic heterocycles. The van der Waals surface area contributed by atoms with Gasteiger partial charge in [-0.2, -0.15) is 0 Å². The van der Waals surface area contributed by atoms with Gasteiger partial charge in [-0.05, 0) is 46.0 Å². The van der Waals surface area contributed by atoms with Crippen LogP contribution in [0.3, 0.4) is 0 Å². The number of nitrogens with one attached hydrogen (secondary N) is 2. The molecule has 35 heavy (non-hydrogen) atoms. The van der Waals surface area contributed by atoms with E-state index in [9.17, 15) is 24.0 Å². The molecule has 4 N–H and O–H groups in total. The van der Waals surface area contributed by atoms with Crippen molar-refractivity contribution in [1.29, 1.82) is 0 Å². The van der Waals surface area contributed by atoms with E-state index in [1.807, 2.05) is 6.92 Å². The molecule has 0 saturated carbocycles. The molecule has 0 unspecified atom stereocenters. The van der Waals surface area contributed by atoms with Crippen LogP contribution in [0.15, 0.2) is 0 Å². The molecule has 0 aromatic rings. The number of carbonyl (C=O) groups is 5. The van der Waals surface area contributed by atoms with Crippen molar-refractivity contribution < 1.29 is 28.7 Å². The van der Waals surface area contributed by atoms with Gasteiger partial charge in [-0.3, -0.25) is 19.2 Å². The Balaban J connectivity index is 2.26. The van der Waals surface area contributed by atoms with Crippen molar-refractivity contribution in [3.05, 3.63) is 0 Å². The number of primary amides is 1. The molecule has 4 atom stereocenters. The molecule has 2 heterocycles. The number of ketones is 1. The minimum absolute atomic E-state index is 0.0595. The van der Waals surface area contributed by atoms with Crippen LogP contribution in [-0.4, -0.2) is 64.8 Å². The van der Waals surface area contributed by atoms with Crippen molar-refractivity contribution in [2.75, 3.05) is 6.54 Å². The Morgan fingerprint density at radius 3 is 2.14 bits per heavy atom. The molecular weight excluding hydrogens is 452 g/mol. The van der Waals surface area contributed by atoms with Gasteiger partial charge in [0.15, 0.2) is 0 Å². The van der Waals surface area contributed by atoms with Gasteiger partial charge in [0.05, 0.1) is 6.04 Å². The third kappa shape index (κ3) is 9.14. The van der Waals surface area contributed by atoms with Crippen LogP contribution >= 0.6 is 0 Å². The summed E-state index contributed by atoms with van der Waals surface area (Å²) in [5.41, 5.74) is 4.50.